The summed E-state index contributed by atoms with van der Waals surface area (Å²) < 4.78 is 0. The number of nitrogens with zero attached hydrogens (tertiary/aromatic N) is 1. The number of rotatable bonds is 6. The Morgan fingerprint density at radius 3 is 1.00 bits per heavy atom. The molecule has 0 aliphatic carbocycles. The summed E-state index contributed by atoms with van der Waals surface area (Å²) in [7, 11) is 0. The van der Waals surface area contributed by atoms with Crippen LogP contribution < -0.4 is 4.90 Å². The third kappa shape index (κ3) is 5.72. The van der Waals surface area contributed by atoms with Crippen LogP contribution in [0.4, 0.5) is 17.1 Å². The van der Waals surface area contributed by atoms with Crippen LogP contribution in [0.15, 0.2) is 224 Å². The van der Waals surface area contributed by atoms with Crippen LogP contribution in [0.1, 0.15) is 0 Å². The van der Waals surface area contributed by atoms with Crippen LogP contribution in [0.2, 0.25) is 0 Å². The fourth-order valence-corrected chi connectivity index (χ4v) is 8.88. The van der Waals surface area contributed by atoms with Gasteiger partial charge in [-0.2, -0.15) is 0 Å². The summed E-state index contributed by atoms with van der Waals surface area (Å²) in [4.78, 5) is 2.37. The molecule has 0 saturated heterocycles. The van der Waals surface area contributed by atoms with Crippen LogP contribution in [-0.4, -0.2) is 0 Å². The van der Waals surface area contributed by atoms with Crippen molar-refractivity contribution in [3.63, 3.8) is 0 Å². The largest absolute Gasteiger partial charge is 0.311 e. The van der Waals surface area contributed by atoms with Crippen LogP contribution in [-0.2, 0) is 0 Å². The maximum Gasteiger partial charge on any atom is 0.0462 e. The molecule has 0 bridgehead atoms. The maximum absolute atomic E-state index is 2.37. The molecule has 0 spiro atoms. The Balaban J connectivity index is 1.03. The Kier molecular flexibility index (Phi) is 7.89. The number of benzene rings is 11. The highest BCUT2D eigenvalue weighted by molar-refractivity contribution is 6.15. The first-order valence-corrected chi connectivity index (χ1v) is 19.7. The molecule has 0 heterocycles. The molecule has 0 amide bonds. The summed E-state index contributed by atoms with van der Waals surface area (Å²) in [5.41, 5.74) is 10.6. The number of fused-ring (bicyclic) bond motifs is 7. The smallest absolute Gasteiger partial charge is 0.0462 e. The van der Waals surface area contributed by atoms with Crippen LogP contribution in [0.5, 0.6) is 0 Å². The minimum Gasteiger partial charge on any atom is -0.311 e. The molecule has 0 atom stereocenters. The molecule has 0 fully saturated rings. The molecule has 57 heavy (non-hydrogen) atoms. The minimum atomic E-state index is 1.10. The molecule has 0 aliphatic heterocycles. The van der Waals surface area contributed by atoms with Gasteiger partial charge in [-0.1, -0.05) is 176 Å². The van der Waals surface area contributed by atoms with Gasteiger partial charge in [0.2, 0.25) is 0 Å². The normalized spacial score (nSPS) is 11.5. The Morgan fingerprint density at radius 1 is 0.211 bits per heavy atom. The lowest BCUT2D eigenvalue weighted by Crippen LogP contribution is -2.09. The fourth-order valence-electron chi connectivity index (χ4n) is 8.88. The standard InChI is InChI=1S/C56H37N/c1-4-16-47-38(12-1)15-11-23-48(47)39-24-30-44(31-25-39)57(45-32-26-40(27-33-45)55-36-42-13-2-5-17-49(42)51-19-7-9-21-53(51)55)46-34-28-41(29-35-46)56-37-43-14-3-6-18-50(43)52-20-8-10-22-54(52)56/h1-37H. The zero-order valence-electron chi connectivity index (χ0n) is 31.3. The van der Waals surface area contributed by atoms with Gasteiger partial charge in [0.05, 0.1) is 0 Å². The van der Waals surface area contributed by atoms with E-state index in [9.17, 15) is 0 Å². The van der Waals surface area contributed by atoms with E-state index >= 15 is 0 Å². The predicted molar refractivity (Wildman–Crippen MR) is 245 cm³/mol. The zero-order chi connectivity index (χ0) is 37.7. The van der Waals surface area contributed by atoms with Gasteiger partial charge >= 0.3 is 0 Å². The van der Waals surface area contributed by atoms with Crippen molar-refractivity contribution in [3.8, 4) is 33.4 Å². The highest BCUT2D eigenvalue weighted by Crippen LogP contribution is 2.41. The average molecular weight is 724 g/mol. The molecule has 0 N–H and O–H groups in total. The number of hydrogen-bond donors (Lipinski definition) is 0. The average Bonchev–Trinajstić information content (AvgIpc) is 3.29. The summed E-state index contributed by atoms with van der Waals surface area (Å²) in [5, 5.41) is 12.7. The number of hydrogen-bond acceptors (Lipinski definition) is 1. The van der Waals surface area contributed by atoms with Crippen LogP contribution in [0.25, 0.3) is 87.2 Å². The quantitative estimate of drug-likeness (QED) is 0.154. The van der Waals surface area contributed by atoms with Gasteiger partial charge in [-0.25, -0.2) is 0 Å². The highest BCUT2D eigenvalue weighted by Gasteiger charge is 2.16. The molecule has 0 aromatic heterocycles. The first-order chi connectivity index (χ1) is 28.3. The van der Waals surface area contributed by atoms with E-state index in [1.165, 1.54) is 87.2 Å². The van der Waals surface area contributed by atoms with Crippen molar-refractivity contribution in [1.29, 1.82) is 0 Å². The van der Waals surface area contributed by atoms with Crippen LogP contribution in [0.3, 0.4) is 0 Å². The second kappa shape index (κ2) is 13.7. The summed E-state index contributed by atoms with van der Waals surface area (Å²) >= 11 is 0. The van der Waals surface area contributed by atoms with Gasteiger partial charge in [0, 0.05) is 17.1 Å². The van der Waals surface area contributed by atoms with Gasteiger partial charge in [-0.15, -0.1) is 0 Å². The molecule has 1 nitrogen and oxygen atoms in total. The molecule has 11 aromatic rings. The Morgan fingerprint density at radius 2 is 0.544 bits per heavy atom. The molecule has 0 radical (unpaired) electrons. The SMILES string of the molecule is c1ccc2c(-c3ccc(N(c4ccc(-c5cc6ccccc6c6ccccc56)cc4)c4ccc(-c5cc6ccccc6c6ccccc56)cc4)cc3)cccc2c1. The van der Waals surface area contributed by atoms with Gasteiger partial charge < -0.3 is 4.90 Å². The zero-order valence-corrected chi connectivity index (χ0v) is 31.3. The maximum atomic E-state index is 2.37. The lowest BCUT2D eigenvalue weighted by Gasteiger charge is -2.26. The van der Waals surface area contributed by atoms with Crippen molar-refractivity contribution in [3.05, 3.63) is 224 Å². The van der Waals surface area contributed by atoms with Gasteiger partial charge in [-0.3, -0.25) is 0 Å². The highest BCUT2D eigenvalue weighted by atomic mass is 15.1. The molecule has 1 heteroatoms. The van der Waals surface area contributed by atoms with E-state index in [-0.39, 0.29) is 0 Å². The minimum absolute atomic E-state index is 1.10. The molecule has 0 unspecified atom stereocenters. The third-order valence-electron chi connectivity index (χ3n) is 11.6. The van der Waals surface area contributed by atoms with Crippen LogP contribution in [0, 0.1) is 0 Å². The molecule has 266 valence electrons. The first-order valence-electron chi connectivity index (χ1n) is 19.7. The Bertz CT molecular complexity index is 3100. The van der Waals surface area contributed by atoms with Gasteiger partial charge in [0.25, 0.3) is 0 Å². The first kappa shape index (κ1) is 32.9. The van der Waals surface area contributed by atoms with Crippen molar-refractivity contribution in [2.45, 2.75) is 0 Å². The van der Waals surface area contributed by atoms with E-state index in [0.717, 1.165) is 17.1 Å². The Labute approximate surface area is 332 Å². The molecule has 11 rings (SSSR count). The van der Waals surface area contributed by atoms with E-state index < -0.39 is 0 Å². The molecular weight excluding hydrogens is 687 g/mol. The topological polar surface area (TPSA) is 3.24 Å². The fraction of sp³-hybridized carbons (Fsp3) is 0. The summed E-state index contributed by atoms with van der Waals surface area (Å²) in [6.07, 6.45) is 0. The van der Waals surface area contributed by atoms with E-state index in [1.54, 1.807) is 0 Å². The van der Waals surface area contributed by atoms with Crippen molar-refractivity contribution >= 4 is 70.9 Å². The van der Waals surface area contributed by atoms with Crippen molar-refractivity contribution in [2.75, 3.05) is 4.90 Å². The van der Waals surface area contributed by atoms with Crippen LogP contribution >= 0.6 is 0 Å². The van der Waals surface area contributed by atoms with E-state index in [2.05, 4.69) is 229 Å². The summed E-state index contributed by atoms with van der Waals surface area (Å²) in [6.45, 7) is 0. The van der Waals surface area contributed by atoms with Gasteiger partial charge in [0.15, 0.2) is 0 Å². The molecule has 0 aliphatic rings. The lowest BCUT2D eigenvalue weighted by molar-refractivity contribution is 1.28. The monoisotopic (exact) mass is 723 g/mol. The van der Waals surface area contributed by atoms with Crippen molar-refractivity contribution < 1.29 is 0 Å². The molecular formula is C56H37N. The predicted octanol–water partition coefficient (Wildman–Crippen LogP) is 15.9. The Hall–Kier alpha value is -7.48. The second-order valence-corrected chi connectivity index (χ2v) is 14.9. The van der Waals surface area contributed by atoms with E-state index in [4.69, 9.17) is 0 Å². The van der Waals surface area contributed by atoms with Crippen molar-refractivity contribution in [1.82, 2.24) is 0 Å². The van der Waals surface area contributed by atoms with E-state index in [1.807, 2.05) is 0 Å². The second-order valence-electron chi connectivity index (χ2n) is 14.9. The van der Waals surface area contributed by atoms with Crippen molar-refractivity contribution in [2.24, 2.45) is 0 Å². The molecule has 11 aromatic carbocycles. The number of anilines is 3. The van der Waals surface area contributed by atoms with E-state index in [0.29, 0.717) is 0 Å². The van der Waals surface area contributed by atoms with Gasteiger partial charge in [0.1, 0.15) is 0 Å². The van der Waals surface area contributed by atoms with Gasteiger partial charge in [-0.05, 0) is 136 Å². The molecule has 0 saturated carbocycles. The lowest BCUT2D eigenvalue weighted by atomic mass is 9.93. The third-order valence-corrected chi connectivity index (χ3v) is 11.6. The summed E-state index contributed by atoms with van der Waals surface area (Å²) in [6, 6.07) is 82.0. The summed E-state index contributed by atoms with van der Waals surface area (Å²) in [5.74, 6) is 0.